The third kappa shape index (κ3) is 2.88. The lowest BCUT2D eigenvalue weighted by Gasteiger charge is -2.07. The van der Waals surface area contributed by atoms with Crippen molar-refractivity contribution in [1.29, 1.82) is 0 Å². The fourth-order valence-corrected chi connectivity index (χ4v) is 2.08. The predicted octanol–water partition coefficient (Wildman–Crippen LogP) is 2.06. The standard InChI is InChI=1S/C12H13N3OS/c1-17-11-5-3-2-4-10(11)12(16)14-7-9-6-13-8-15-9/h2-6,8H,7H2,1H3,(H,13,15)(H,14,16). The minimum atomic E-state index is -0.0652. The van der Waals surface area contributed by atoms with E-state index in [4.69, 9.17) is 0 Å². The summed E-state index contributed by atoms with van der Waals surface area (Å²) >= 11 is 1.57. The Labute approximate surface area is 104 Å². The number of hydrogen-bond acceptors (Lipinski definition) is 3. The quantitative estimate of drug-likeness (QED) is 0.813. The van der Waals surface area contributed by atoms with Crippen LogP contribution in [-0.2, 0) is 6.54 Å². The van der Waals surface area contributed by atoms with Crippen LogP contribution >= 0.6 is 11.8 Å². The summed E-state index contributed by atoms with van der Waals surface area (Å²) < 4.78 is 0. The van der Waals surface area contributed by atoms with Gasteiger partial charge in [0.25, 0.3) is 5.91 Å². The van der Waals surface area contributed by atoms with Crippen LogP contribution in [-0.4, -0.2) is 22.1 Å². The third-order valence-electron chi connectivity index (χ3n) is 2.35. The maximum absolute atomic E-state index is 12.0. The second-order valence-electron chi connectivity index (χ2n) is 3.46. The average Bonchev–Trinajstić information content (AvgIpc) is 2.89. The highest BCUT2D eigenvalue weighted by Gasteiger charge is 2.09. The Morgan fingerprint density at radius 3 is 3.00 bits per heavy atom. The van der Waals surface area contributed by atoms with Crippen LogP contribution in [0, 0.1) is 0 Å². The van der Waals surface area contributed by atoms with Gasteiger partial charge in [-0.05, 0) is 18.4 Å². The highest BCUT2D eigenvalue weighted by atomic mass is 32.2. The van der Waals surface area contributed by atoms with Crippen LogP contribution in [0.3, 0.4) is 0 Å². The molecule has 0 aliphatic heterocycles. The van der Waals surface area contributed by atoms with Crippen LogP contribution in [0.15, 0.2) is 41.7 Å². The van der Waals surface area contributed by atoms with E-state index in [0.29, 0.717) is 12.1 Å². The molecule has 0 fully saturated rings. The first-order valence-corrected chi connectivity index (χ1v) is 6.42. The van der Waals surface area contributed by atoms with Crippen molar-refractivity contribution < 1.29 is 4.79 Å². The Kier molecular flexibility index (Phi) is 3.82. The molecule has 1 aromatic carbocycles. The van der Waals surface area contributed by atoms with E-state index in [2.05, 4.69) is 15.3 Å². The molecule has 1 aromatic heterocycles. The number of imidazole rings is 1. The van der Waals surface area contributed by atoms with E-state index >= 15 is 0 Å². The average molecular weight is 247 g/mol. The number of carbonyl (C=O) groups is 1. The molecule has 1 heterocycles. The van der Waals surface area contributed by atoms with Gasteiger partial charge in [0.2, 0.25) is 0 Å². The minimum Gasteiger partial charge on any atom is -0.347 e. The number of rotatable bonds is 4. The fraction of sp³-hybridized carbons (Fsp3) is 0.167. The van der Waals surface area contributed by atoms with E-state index in [1.165, 1.54) is 0 Å². The molecule has 1 amide bonds. The summed E-state index contributed by atoms with van der Waals surface area (Å²) in [6, 6.07) is 7.56. The maximum atomic E-state index is 12.0. The molecule has 5 heteroatoms. The third-order valence-corrected chi connectivity index (χ3v) is 3.14. The second-order valence-corrected chi connectivity index (χ2v) is 4.31. The Morgan fingerprint density at radius 1 is 1.47 bits per heavy atom. The molecule has 0 bridgehead atoms. The molecule has 17 heavy (non-hydrogen) atoms. The summed E-state index contributed by atoms with van der Waals surface area (Å²) in [5.74, 6) is -0.0652. The van der Waals surface area contributed by atoms with Gasteiger partial charge < -0.3 is 10.3 Å². The van der Waals surface area contributed by atoms with Gasteiger partial charge in [0.1, 0.15) is 0 Å². The Morgan fingerprint density at radius 2 is 2.29 bits per heavy atom. The molecule has 0 radical (unpaired) electrons. The molecule has 0 unspecified atom stereocenters. The topological polar surface area (TPSA) is 57.8 Å². The summed E-state index contributed by atoms with van der Waals surface area (Å²) in [4.78, 5) is 19.8. The van der Waals surface area contributed by atoms with E-state index in [1.807, 2.05) is 30.5 Å². The van der Waals surface area contributed by atoms with Crippen molar-refractivity contribution in [3.05, 3.63) is 48.0 Å². The largest absolute Gasteiger partial charge is 0.347 e. The van der Waals surface area contributed by atoms with Crippen molar-refractivity contribution in [1.82, 2.24) is 15.3 Å². The molecule has 0 spiro atoms. The number of amides is 1. The predicted molar refractivity (Wildman–Crippen MR) is 68.0 cm³/mol. The Bertz CT molecular complexity index is 496. The van der Waals surface area contributed by atoms with Crippen molar-refractivity contribution in [2.75, 3.05) is 6.26 Å². The fourth-order valence-electron chi connectivity index (χ4n) is 1.48. The lowest BCUT2D eigenvalue weighted by Crippen LogP contribution is -2.23. The van der Waals surface area contributed by atoms with Gasteiger partial charge in [0.15, 0.2) is 0 Å². The molecule has 2 rings (SSSR count). The zero-order valence-corrected chi connectivity index (χ0v) is 10.3. The zero-order chi connectivity index (χ0) is 12.1. The van der Waals surface area contributed by atoms with Crippen LogP contribution in [0.4, 0.5) is 0 Å². The summed E-state index contributed by atoms with van der Waals surface area (Å²) in [7, 11) is 0. The van der Waals surface area contributed by atoms with E-state index in [-0.39, 0.29) is 5.91 Å². The van der Waals surface area contributed by atoms with Gasteiger partial charge in [-0.15, -0.1) is 11.8 Å². The number of aromatic nitrogens is 2. The van der Waals surface area contributed by atoms with Crippen LogP contribution in [0.5, 0.6) is 0 Å². The molecule has 0 saturated carbocycles. The Balaban J connectivity index is 2.04. The van der Waals surface area contributed by atoms with Gasteiger partial charge >= 0.3 is 0 Å². The first kappa shape index (κ1) is 11.7. The highest BCUT2D eigenvalue weighted by molar-refractivity contribution is 7.98. The molecular weight excluding hydrogens is 234 g/mol. The number of benzene rings is 1. The molecule has 0 atom stereocenters. The SMILES string of the molecule is CSc1ccccc1C(=O)NCc1cnc[nH]1. The zero-order valence-electron chi connectivity index (χ0n) is 9.43. The number of carbonyl (C=O) groups excluding carboxylic acids is 1. The van der Waals surface area contributed by atoms with Gasteiger partial charge in [-0.25, -0.2) is 4.98 Å². The molecule has 0 saturated heterocycles. The normalized spacial score (nSPS) is 10.2. The van der Waals surface area contributed by atoms with Gasteiger partial charge in [0, 0.05) is 11.1 Å². The second kappa shape index (κ2) is 5.54. The van der Waals surface area contributed by atoms with Crippen molar-refractivity contribution in [2.45, 2.75) is 11.4 Å². The number of aromatic amines is 1. The van der Waals surface area contributed by atoms with E-state index in [9.17, 15) is 4.79 Å². The lowest BCUT2D eigenvalue weighted by atomic mass is 10.2. The smallest absolute Gasteiger partial charge is 0.252 e. The molecule has 4 nitrogen and oxygen atoms in total. The summed E-state index contributed by atoms with van der Waals surface area (Å²) in [5.41, 5.74) is 1.60. The number of nitrogens with zero attached hydrogens (tertiary/aromatic N) is 1. The van der Waals surface area contributed by atoms with Crippen molar-refractivity contribution in [2.24, 2.45) is 0 Å². The molecule has 0 aliphatic rings. The van der Waals surface area contributed by atoms with Crippen LogP contribution in [0.25, 0.3) is 0 Å². The number of hydrogen-bond donors (Lipinski definition) is 2. The number of H-pyrrole nitrogens is 1. The van der Waals surface area contributed by atoms with E-state index < -0.39 is 0 Å². The van der Waals surface area contributed by atoms with Crippen LogP contribution < -0.4 is 5.32 Å². The highest BCUT2D eigenvalue weighted by Crippen LogP contribution is 2.19. The molecule has 88 valence electrons. The summed E-state index contributed by atoms with van der Waals surface area (Å²) in [5, 5.41) is 2.85. The van der Waals surface area contributed by atoms with Gasteiger partial charge in [-0.2, -0.15) is 0 Å². The number of thioether (sulfide) groups is 1. The van der Waals surface area contributed by atoms with Crippen LogP contribution in [0.1, 0.15) is 16.1 Å². The summed E-state index contributed by atoms with van der Waals surface area (Å²) in [6.45, 7) is 0.460. The van der Waals surface area contributed by atoms with Crippen molar-refractivity contribution in [3.63, 3.8) is 0 Å². The van der Waals surface area contributed by atoms with E-state index in [0.717, 1.165) is 10.6 Å². The maximum Gasteiger partial charge on any atom is 0.252 e. The van der Waals surface area contributed by atoms with Crippen molar-refractivity contribution >= 4 is 17.7 Å². The Hall–Kier alpha value is -1.75. The first-order chi connectivity index (χ1) is 8.31. The van der Waals surface area contributed by atoms with Gasteiger partial charge in [-0.3, -0.25) is 4.79 Å². The molecule has 2 aromatic rings. The monoisotopic (exact) mass is 247 g/mol. The minimum absolute atomic E-state index is 0.0652. The van der Waals surface area contributed by atoms with Gasteiger partial charge in [-0.1, -0.05) is 12.1 Å². The molecule has 2 N–H and O–H groups in total. The van der Waals surface area contributed by atoms with Gasteiger partial charge in [0.05, 0.1) is 24.1 Å². The molecule has 0 aliphatic carbocycles. The summed E-state index contributed by atoms with van der Waals surface area (Å²) in [6.07, 6.45) is 5.25. The van der Waals surface area contributed by atoms with Crippen molar-refractivity contribution in [3.8, 4) is 0 Å². The van der Waals surface area contributed by atoms with E-state index in [1.54, 1.807) is 24.3 Å². The number of nitrogens with one attached hydrogen (secondary N) is 2. The lowest BCUT2D eigenvalue weighted by molar-refractivity contribution is 0.0947. The van der Waals surface area contributed by atoms with Crippen LogP contribution in [0.2, 0.25) is 0 Å². The molecular formula is C12H13N3OS. The first-order valence-electron chi connectivity index (χ1n) is 5.19.